The average Bonchev–Trinajstić information content (AvgIpc) is 3.70. The van der Waals surface area contributed by atoms with Crippen LogP contribution in [0.25, 0.3) is 88.5 Å². The lowest BCUT2D eigenvalue weighted by Gasteiger charge is -2.34. The highest BCUT2D eigenvalue weighted by Gasteiger charge is 2.54. The van der Waals surface area contributed by atoms with Crippen molar-refractivity contribution in [1.82, 2.24) is 0 Å². The molecule has 0 aliphatic heterocycles. The molecule has 0 saturated carbocycles. The van der Waals surface area contributed by atoms with Crippen LogP contribution < -0.4 is 0 Å². The first kappa shape index (κ1) is 33.4. The summed E-state index contributed by atoms with van der Waals surface area (Å²) in [5, 5.41) is 7.82. The van der Waals surface area contributed by atoms with Gasteiger partial charge in [0.05, 0.1) is 5.41 Å². The molecule has 0 N–H and O–H groups in total. The molecule has 10 aromatic rings. The molecular formula is C60H38. The molecule has 0 radical (unpaired) electrons. The second-order valence-electron chi connectivity index (χ2n) is 16.7. The summed E-state index contributed by atoms with van der Waals surface area (Å²) in [6.07, 6.45) is 3.30. The van der Waals surface area contributed by atoms with Gasteiger partial charge in [-0.3, -0.25) is 0 Å². The quantitative estimate of drug-likeness (QED) is 0.157. The molecular weight excluding hydrogens is 721 g/mol. The van der Waals surface area contributed by atoms with Crippen molar-refractivity contribution in [2.45, 2.75) is 11.8 Å². The van der Waals surface area contributed by atoms with Gasteiger partial charge in [0.25, 0.3) is 0 Å². The van der Waals surface area contributed by atoms with Gasteiger partial charge in [-0.05, 0) is 140 Å². The Labute approximate surface area is 350 Å². The number of hydrogen-bond acceptors (Lipinski definition) is 0. The zero-order valence-electron chi connectivity index (χ0n) is 33.0. The first-order chi connectivity index (χ1) is 29.8. The second-order valence-corrected chi connectivity index (χ2v) is 16.7. The van der Waals surface area contributed by atoms with Crippen LogP contribution in [-0.2, 0) is 5.41 Å². The van der Waals surface area contributed by atoms with E-state index in [1.54, 1.807) is 0 Å². The van der Waals surface area contributed by atoms with E-state index < -0.39 is 5.41 Å². The van der Waals surface area contributed by atoms with Gasteiger partial charge in [-0.25, -0.2) is 0 Å². The molecule has 0 unspecified atom stereocenters. The Morgan fingerprint density at radius 2 is 0.783 bits per heavy atom. The van der Waals surface area contributed by atoms with Gasteiger partial charge in [-0.1, -0.05) is 206 Å². The highest BCUT2D eigenvalue weighted by atomic mass is 14.5. The summed E-state index contributed by atoms with van der Waals surface area (Å²) < 4.78 is 0. The lowest BCUT2D eigenvalue weighted by Crippen LogP contribution is -2.27. The Bertz CT molecular complexity index is 3410. The fraction of sp³-hybridized carbons (Fsp3) is 0.0333. The van der Waals surface area contributed by atoms with Crippen LogP contribution in [0.3, 0.4) is 0 Å². The maximum absolute atomic E-state index is 2.51. The van der Waals surface area contributed by atoms with E-state index in [1.165, 1.54) is 121 Å². The maximum atomic E-state index is 2.51. The average molecular weight is 759 g/mol. The topological polar surface area (TPSA) is 0 Å². The van der Waals surface area contributed by atoms with Crippen LogP contribution in [0.4, 0.5) is 0 Å². The van der Waals surface area contributed by atoms with Gasteiger partial charge in [0.15, 0.2) is 0 Å². The van der Waals surface area contributed by atoms with E-state index >= 15 is 0 Å². The number of rotatable bonds is 3. The number of hydrogen-bond donors (Lipinski definition) is 0. The molecule has 278 valence electrons. The van der Waals surface area contributed by atoms with Gasteiger partial charge in [0, 0.05) is 0 Å². The Balaban J connectivity index is 0.985. The SMILES string of the molecule is C1=C(c2ccc(-c3ccc4c5ccccc5c5ccccc5c4c3)cc2)CC2=C(c3ccccc31)C1(c3cc(-c4ccccc4)ccc32)c2ccccc2-c2ccccc21. The van der Waals surface area contributed by atoms with Crippen LogP contribution in [0.15, 0.2) is 212 Å². The molecule has 0 heterocycles. The standard InChI is InChI=1S/C60H38/c1-2-14-38(15-3-1)42-31-33-53-55-36-44(40-28-26-39(27-29-40)41-30-32-50-48-20-7-6-18-46(48)47-19-8-9-21-49(47)54(50)35-41)34-43-16-4-5-17-45(43)59(55)60(58(53)37-42)56-24-12-10-22-51(56)52-23-11-13-25-57(52)60/h1-35,37H,36H2. The first-order valence-electron chi connectivity index (χ1n) is 21.1. The zero-order valence-corrected chi connectivity index (χ0v) is 33.0. The molecule has 3 aliphatic rings. The number of benzene rings is 10. The van der Waals surface area contributed by atoms with E-state index in [0.717, 1.165) is 6.42 Å². The van der Waals surface area contributed by atoms with Crippen molar-refractivity contribution in [3.8, 4) is 33.4 Å². The van der Waals surface area contributed by atoms with Gasteiger partial charge in [-0.2, -0.15) is 0 Å². The molecule has 0 bridgehead atoms. The van der Waals surface area contributed by atoms with Gasteiger partial charge in [0.1, 0.15) is 0 Å². The molecule has 3 aliphatic carbocycles. The van der Waals surface area contributed by atoms with E-state index in [2.05, 4.69) is 218 Å². The minimum atomic E-state index is -0.447. The van der Waals surface area contributed by atoms with Crippen molar-refractivity contribution < 1.29 is 0 Å². The van der Waals surface area contributed by atoms with Crippen LogP contribution >= 0.6 is 0 Å². The van der Waals surface area contributed by atoms with Gasteiger partial charge in [0.2, 0.25) is 0 Å². The lowest BCUT2D eigenvalue weighted by molar-refractivity contribution is 0.842. The first-order valence-corrected chi connectivity index (χ1v) is 21.1. The molecule has 60 heavy (non-hydrogen) atoms. The van der Waals surface area contributed by atoms with Crippen molar-refractivity contribution in [2.75, 3.05) is 0 Å². The maximum Gasteiger partial charge on any atom is 0.0728 e. The van der Waals surface area contributed by atoms with E-state index in [0.29, 0.717) is 0 Å². The minimum Gasteiger partial charge on any atom is -0.0622 e. The highest BCUT2D eigenvalue weighted by Crippen LogP contribution is 2.66. The highest BCUT2D eigenvalue weighted by molar-refractivity contribution is 6.25. The summed E-state index contributed by atoms with van der Waals surface area (Å²) in [5.74, 6) is 0. The fourth-order valence-corrected chi connectivity index (χ4v) is 11.2. The van der Waals surface area contributed by atoms with E-state index in [9.17, 15) is 0 Å². The molecule has 0 atom stereocenters. The van der Waals surface area contributed by atoms with Crippen molar-refractivity contribution in [3.05, 3.63) is 251 Å². The summed E-state index contributed by atoms with van der Waals surface area (Å²) in [6.45, 7) is 0. The summed E-state index contributed by atoms with van der Waals surface area (Å²) in [4.78, 5) is 0. The van der Waals surface area contributed by atoms with E-state index in [-0.39, 0.29) is 0 Å². The smallest absolute Gasteiger partial charge is 0.0622 e. The Morgan fingerprint density at radius 3 is 1.47 bits per heavy atom. The van der Waals surface area contributed by atoms with Crippen LogP contribution in [0.1, 0.15) is 45.4 Å². The second kappa shape index (κ2) is 12.7. The largest absolute Gasteiger partial charge is 0.0728 e. The number of allylic oxidation sites excluding steroid dienone is 3. The summed E-state index contributed by atoms with van der Waals surface area (Å²) >= 11 is 0. The predicted octanol–water partition coefficient (Wildman–Crippen LogP) is 15.7. The Hall–Kier alpha value is -7.54. The van der Waals surface area contributed by atoms with Crippen LogP contribution in [0.5, 0.6) is 0 Å². The van der Waals surface area contributed by atoms with E-state index in [1.807, 2.05) is 0 Å². The van der Waals surface area contributed by atoms with Gasteiger partial charge in [-0.15, -0.1) is 0 Å². The molecule has 0 heteroatoms. The van der Waals surface area contributed by atoms with Crippen molar-refractivity contribution in [3.63, 3.8) is 0 Å². The van der Waals surface area contributed by atoms with Crippen LogP contribution in [-0.4, -0.2) is 0 Å². The Kier molecular flexibility index (Phi) is 7.09. The monoisotopic (exact) mass is 758 g/mol. The summed E-state index contributed by atoms with van der Waals surface area (Å²) in [5.41, 5.74) is 20.7. The molecule has 0 nitrogen and oxygen atoms in total. The molecule has 13 rings (SSSR count). The van der Waals surface area contributed by atoms with Crippen molar-refractivity contribution in [1.29, 1.82) is 0 Å². The van der Waals surface area contributed by atoms with E-state index in [4.69, 9.17) is 0 Å². The van der Waals surface area contributed by atoms with Crippen molar-refractivity contribution in [2.24, 2.45) is 0 Å². The predicted molar refractivity (Wildman–Crippen MR) is 254 cm³/mol. The zero-order chi connectivity index (χ0) is 39.4. The molecule has 0 saturated heterocycles. The number of fused-ring (bicyclic) bond motifs is 17. The fourth-order valence-electron chi connectivity index (χ4n) is 11.2. The third-order valence-electron chi connectivity index (χ3n) is 13.7. The van der Waals surface area contributed by atoms with Gasteiger partial charge >= 0.3 is 0 Å². The normalized spacial score (nSPS) is 14.4. The molecule has 0 fully saturated rings. The van der Waals surface area contributed by atoms with Gasteiger partial charge < -0.3 is 0 Å². The van der Waals surface area contributed by atoms with Crippen molar-refractivity contribution >= 4 is 55.1 Å². The minimum absolute atomic E-state index is 0.447. The molecule has 0 aromatic heterocycles. The van der Waals surface area contributed by atoms with Crippen LogP contribution in [0, 0.1) is 0 Å². The summed E-state index contributed by atoms with van der Waals surface area (Å²) in [7, 11) is 0. The molecule has 1 spiro atoms. The Morgan fingerprint density at radius 1 is 0.300 bits per heavy atom. The summed E-state index contributed by atoms with van der Waals surface area (Å²) in [6, 6.07) is 79.6. The molecule has 0 amide bonds. The third kappa shape index (κ3) is 4.62. The molecule has 10 aromatic carbocycles. The van der Waals surface area contributed by atoms with Crippen LogP contribution in [0.2, 0.25) is 0 Å². The third-order valence-corrected chi connectivity index (χ3v) is 13.7. The lowest BCUT2D eigenvalue weighted by atomic mass is 9.67.